The Morgan fingerprint density at radius 3 is 1.90 bits per heavy atom. The quantitative estimate of drug-likeness (QED) is 0.00640. The molecule has 73 heavy (non-hydrogen) atoms. The summed E-state index contributed by atoms with van der Waals surface area (Å²) in [7, 11) is -18.8. The van der Waals surface area contributed by atoms with Crippen LogP contribution >= 0.6 is 30.7 Å². The number of aromatic nitrogens is 4. The first-order valence-corrected chi connectivity index (χ1v) is 31.2. The van der Waals surface area contributed by atoms with Gasteiger partial charge in [-0.3, -0.25) is 18.9 Å². The minimum absolute atomic E-state index is 0. The topological polar surface area (TPSA) is 419 Å². The predicted octanol–water partition coefficient (Wildman–Crippen LogP) is -18.5. The number of azo groups is 1. The molecule has 0 spiro atoms. The van der Waals surface area contributed by atoms with Crippen LogP contribution in [0.25, 0.3) is 16.7 Å². The number of nitrogens with zero attached hydrogens (tertiary/aromatic N) is 6. The Hall–Kier alpha value is 1.09. The molecule has 0 fully saturated rings. The Labute approximate surface area is 579 Å². The maximum absolute atomic E-state index is 13.0. The Balaban J connectivity index is -0.00000326. The van der Waals surface area contributed by atoms with Gasteiger partial charge in [-0.05, 0) is 76.7 Å². The van der Waals surface area contributed by atoms with E-state index in [1.165, 1.54) is 77.6 Å². The zero-order chi connectivity index (χ0) is 49.9. The normalized spacial score (nSPS) is 10.9. The largest absolute Gasteiger partial charge is 1.00 e. The number of primary amides is 1. The van der Waals surface area contributed by atoms with Gasteiger partial charge in [-0.1, -0.05) is 17.9 Å². The second-order valence-electron chi connectivity index (χ2n) is 12.2. The third kappa shape index (κ3) is 24.4. The van der Waals surface area contributed by atoms with Crippen molar-refractivity contribution in [1.29, 1.82) is 0 Å². The summed E-state index contributed by atoms with van der Waals surface area (Å²) in [5.41, 5.74) is 9.36. The van der Waals surface area contributed by atoms with Gasteiger partial charge in [-0.15, -0.1) is 10.1 Å². The molecule has 26 nitrogen and oxygen atoms in total. The Bertz CT molecular complexity index is 3320. The zero-order valence-corrected chi connectivity index (χ0v) is 58.4. The van der Waals surface area contributed by atoms with Crippen LogP contribution in [0.1, 0.15) is 10.4 Å². The minimum atomic E-state index is -5.50. The van der Waals surface area contributed by atoms with E-state index in [2.05, 4.69) is 70.7 Å². The number of carbonyl (C=O) groups excluding carboxylic acids is 1. The summed E-state index contributed by atoms with van der Waals surface area (Å²) in [6, 6.07) is 16.1. The molecule has 6 rings (SSSR count). The number of halogens is 3. The fourth-order valence-electron chi connectivity index (χ4n) is 5.28. The molecular formula is C33H26BClI2KN9Na4O17S5. The van der Waals surface area contributed by atoms with E-state index in [0.717, 1.165) is 18.2 Å². The first kappa shape index (κ1) is 78.3. The molecule has 0 atom stereocenters. The molecule has 364 valence electrons. The Morgan fingerprint density at radius 2 is 1.40 bits per heavy atom. The Kier molecular flexibility index (Phi) is 38.3. The van der Waals surface area contributed by atoms with Gasteiger partial charge < -0.3 is 55.2 Å². The number of hydrogen-bond donors (Lipinski definition) is 6. The standard InChI is InChI=1S/C33H27N9O13S4.BI2.ClH.K.4Na.H2O4S/c1-2-57(46,47)20-11-9-19(10-12-20)40-41-27-25(56-55-54-45)16-22-21(28(27)43)13-14-24(29(22)59(51,52)53)36-32-37-31(35-23-7-3-4-8-26(23)58(48,49)50)38-33(39-32)42-15-5-6-18(17-42)30(34)44;1-3-2;;;;;;;1-5(2,3)4/h3-17,43,45H,1-2H2,(H2,34,44)(H,48,49,50)(H,51,52,53)(H2,35,36,37,38,39);;1H;;;;;;(H2,1,2,3,4)/q;-1;;5*+1;/p-4. The molecule has 0 unspecified atom stereocenters. The number of phenolic OH excluding ortho intramolecular Hbond substituents is 1. The number of nitrogens with one attached hydrogen (secondary N) is 2. The van der Waals surface area contributed by atoms with Gasteiger partial charge in [0.1, 0.15) is 25.9 Å². The molecule has 2 radical (unpaired) electrons. The van der Waals surface area contributed by atoms with Crippen LogP contribution in [-0.4, -0.2) is 89.3 Å². The van der Waals surface area contributed by atoms with Crippen molar-refractivity contribution in [2.24, 2.45) is 16.0 Å². The van der Waals surface area contributed by atoms with E-state index >= 15 is 0 Å². The molecule has 6 aromatic rings. The van der Waals surface area contributed by atoms with Gasteiger partial charge in [0.2, 0.25) is 0 Å². The summed E-state index contributed by atoms with van der Waals surface area (Å²) < 4.78 is 136. The fraction of sp³-hybridized carbons (Fsp3) is 0.0303. The van der Waals surface area contributed by atoms with Gasteiger partial charge in [-0.2, -0.15) is 17.9 Å². The van der Waals surface area contributed by atoms with Crippen molar-refractivity contribution in [3.8, 4) is 11.7 Å². The first-order chi connectivity index (χ1) is 31.3. The molecule has 0 aliphatic carbocycles. The average molecular weight is 1410 g/mol. The molecule has 0 aliphatic rings. The minimum Gasteiger partial charge on any atom is -1.00 e. The molecule has 0 saturated heterocycles. The second kappa shape index (κ2) is 35.7. The number of sulfone groups is 1. The van der Waals surface area contributed by atoms with Gasteiger partial charge in [0.05, 0.1) is 66.6 Å². The van der Waals surface area contributed by atoms with E-state index in [9.17, 15) is 49.5 Å². The maximum Gasteiger partial charge on any atom is 1.00 e. The van der Waals surface area contributed by atoms with Gasteiger partial charge in [0.15, 0.2) is 15.6 Å². The fourth-order valence-corrected chi connectivity index (χ4v) is 8.01. The van der Waals surface area contributed by atoms with E-state index in [1.807, 2.05) is 0 Å². The maximum atomic E-state index is 13.0. The number of para-hydroxylation sites is 1. The summed E-state index contributed by atoms with van der Waals surface area (Å²) in [6.45, 7) is 3.38. The predicted molar refractivity (Wildman–Crippen MR) is 234 cm³/mol. The van der Waals surface area contributed by atoms with Gasteiger partial charge in [-0.25, -0.2) is 29.8 Å². The number of rotatable bonds is 15. The average Bonchev–Trinajstić information content (AvgIpc) is 3.24. The van der Waals surface area contributed by atoms with E-state index < -0.39 is 96.3 Å². The summed E-state index contributed by atoms with van der Waals surface area (Å²) in [4.78, 5) is 22.6. The number of nitrogens with two attached hydrogens (primary N) is 1. The molecule has 40 heteroatoms. The molecule has 0 saturated carbocycles. The van der Waals surface area contributed by atoms with E-state index in [-0.39, 0.29) is 249 Å². The Morgan fingerprint density at radius 1 is 0.849 bits per heavy atom. The van der Waals surface area contributed by atoms with Crippen molar-refractivity contribution in [1.82, 2.24) is 15.0 Å². The number of benzene rings is 4. The number of fused-ring (bicyclic) bond motifs is 1. The van der Waals surface area contributed by atoms with Crippen LogP contribution in [0, 0.1) is 6.92 Å². The van der Waals surface area contributed by atoms with Crippen molar-refractivity contribution in [2.75, 3.05) is 16.4 Å². The van der Waals surface area contributed by atoms with Crippen LogP contribution < -0.4 is 225 Å². The number of aromatic hydroxyl groups is 1. The first-order valence-electron chi connectivity index (χ1n) is 17.1. The zero-order valence-electron chi connectivity index (χ0n) is 38.1. The van der Waals surface area contributed by atoms with Crippen molar-refractivity contribution >= 4 is 128 Å². The monoisotopic (exact) mass is 1410 g/mol. The van der Waals surface area contributed by atoms with Crippen molar-refractivity contribution < 1.29 is 280 Å². The van der Waals surface area contributed by atoms with E-state index in [1.54, 1.807) is 0 Å². The molecule has 1 amide bonds. The summed E-state index contributed by atoms with van der Waals surface area (Å²) in [5, 5.41) is 38.0. The summed E-state index contributed by atoms with van der Waals surface area (Å²) >= 11 is 2.40. The second-order valence-corrected chi connectivity index (χ2v) is 22.2. The van der Waals surface area contributed by atoms with E-state index in [0.29, 0.717) is 0 Å². The van der Waals surface area contributed by atoms with Gasteiger partial charge in [0, 0.05) is 10.8 Å². The van der Waals surface area contributed by atoms with Crippen LogP contribution in [0.2, 0.25) is 0 Å². The third-order valence-corrected chi connectivity index (χ3v) is 11.9. The summed E-state index contributed by atoms with van der Waals surface area (Å²) in [6.07, 6.45) is 2.63. The number of hydrogen-bond acceptors (Lipinski definition) is 23. The van der Waals surface area contributed by atoms with E-state index in [4.69, 9.17) is 29.0 Å². The number of amides is 1. The van der Waals surface area contributed by atoms with Crippen LogP contribution in [0.5, 0.6) is 5.75 Å². The van der Waals surface area contributed by atoms with Gasteiger partial charge >= 0.3 is 239 Å². The van der Waals surface area contributed by atoms with Crippen molar-refractivity contribution in [2.45, 2.75) is 19.6 Å². The number of phenols is 1. The molecule has 2 heterocycles. The molecule has 2 aromatic heterocycles. The van der Waals surface area contributed by atoms with Crippen LogP contribution in [0.4, 0.5) is 34.6 Å². The third-order valence-electron chi connectivity index (χ3n) is 7.90. The van der Waals surface area contributed by atoms with Crippen molar-refractivity contribution in [3.63, 3.8) is 0 Å². The molecule has 0 aliphatic heterocycles. The molecule has 7 N–H and O–H groups in total. The molecule has 4 aromatic carbocycles. The number of pyridine rings is 1. The molecular weight excluding hydrogens is 1390 g/mol. The molecule has 0 bridgehead atoms. The van der Waals surface area contributed by atoms with Crippen LogP contribution in [0.3, 0.4) is 0 Å². The SMILES string of the molecule is O=S(=O)(O)O.[B][I-]I.[CH2-]CS(=O)(=O)c1ccc(N=Nc2c(SOO[O-])cc3c(S(=O)(=O)[O-])c(Nc4nc(Nc5ccccc5S(=O)(=O)[O-])nc(-[n+]5cccc(C(N)=O)c5)n4)ccc3c2O)cc1.[Cl-].[K+].[Na+].[Na+].[Na+].[Na+]. The van der Waals surface area contributed by atoms with Gasteiger partial charge in [0.25, 0.3) is 5.91 Å². The smallest absolute Gasteiger partial charge is 1.00 e. The van der Waals surface area contributed by atoms with Crippen LogP contribution in [-0.2, 0) is 49.8 Å². The van der Waals surface area contributed by atoms with Crippen molar-refractivity contribution in [3.05, 3.63) is 104 Å². The van der Waals surface area contributed by atoms with Crippen LogP contribution in [0.15, 0.2) is 121 Å². The summed E-state index contributed by atoms with van der Waals surface area (Å²) in [5.74, 6) is -3.14. The number of anilines is 4. The number of carbonyl (C=O) groups is 1.